The standard InChI is InChI=1S/C12H15N3S/c1-2-9-6-12(16)15-11(13-9)7-10(14-15)8-4-3-5-8/h6-8,14H,2-5H2,1H3. The highest BCUT2D eigenvalue weighted by atomic mass is 32.1. The zero-order valence-electron chi connectivity index (χ0n) is 9.36. The Morgan fingerprint density at radius 3 is 2.94 bits per heavy atom. The fraction of sp³-hybridized carbons (Fsp3) is 0.500. The number of rotatable bonds is 2. The van der Waals surface area contributed by atoms with Gasteiger partial charge >= 0.3 is 0 Å². The molecule has 0 atom stereocenters. The molecule has 2 aromatic heterocycles. The van der Waals surface area contributed by atoms with Gasteiger partial charge in [0.1, 0.15) is 4.64 Å². The SMILES string of the molecule is CCc1cc(=S)n2[nH]c(C3CCC3)cc2n1. The van der Waals surface area contributed by atoms with Crippen LogP contribution in [0.25, 0.3) is 5.65 Å². The Morgan fingerprint density at radius 2 is 2.31 bits per heavy atom. The van der Waals surface area contributed by atoms with Gasteiger partial charge in [0.05, 0.1) is 0 Å². The average Bonchev–Trinajstić information content (AvgIpc) is 2.58. The van der Waals surface area contributed by atoms with Crippen LogP contribution >= 0.6 is 12.2 Å². The molecule has 1 N–H and O–H groups in total. The van der Waals surface area contributed by atoms with Gasteiger partial charge in [-0.25, -0.2) is 9.50 Å². The van der Waals surface area contributed by atoms with Gasteiger partial charge in [-0.05, 0) is 25.3 Å². The van der Waals surface area contributed by atoms with E-state index in [9.17, 15) is 0 Å². The lowest BCUT2D eigenvalue weighted by Gasteiger charge is -2.23. The minimum absolute atomic E-state index is 0.696. The highest BCUT2D eigenvalue weighted by Gasteiger charge is 2.21. The summed E-state index contributed by atoms with van der Waals surface area (Å²) in [6, 6.07) is 4.13. The number of aromatic amines is 1. The molecule has 0 unspecified atom stereocenters. The van der Waals surface area contributed by atoms with Gasteiger partial charge in [0.15, 0.2) is 5.65 Å². The van der Waals surface area contributed by atoms with E-state index in [1.807, 2.05) is 10.6 Å². The lowest BCUT2D eigenvalue weighted by atomic mass is 9.83. The third-order valence-corrected chi connectivity index (χ3v) is 3.73. The summed E-state index contributed by atoms with van der Waals surface area (Å²) in [5.74, 6) is 0.696. The summed E-state index contributed by atoms with van der Waals surface area (Å²) < 4.78 is 2.75. The van der Waals surface area contributed by atoms with Crippen molar-refractivity contribution in [3.63, 3.8) is 0 Å². The van der Waals surface area contributed by atoms with Crippen molar-refractivity contribution in [3.05, 3.63) is 28.2 Å². The molecule has 1 aliphatic carbocycles. The van der Waals surface area contributed by atoms with Crippen molar-refractivity contribution >= 4 is 17.9 Å². The number of hydrogen-bond acceptors (Lipinski definition) is 2. The van der Waals surface area contributed by atoms with E-state index < -0.39 is 0 Å². The Morgan fingerprint density at radius 1 is 1.50 bits per heavy atom. The predicted octanol–water partition coefficient (Wildman–Crippen LogP) is 3.22. The van der Waals surface area contributed by atoms with Gasteiger partial charge in [-0.3, -0.25) is 5.10 Å². The minimum atomic E-state index is 0.696. The van der Waals surface area contributed by atoms with E-state index in [4.69, 9.17) is 12.2 Å². The van der Waals surface area contributed by atoms with Gasteiger partial charge in [0, 0.05) is 23.4 Å². The van der Waals surface area contributed by atoms with Crippen LogP contribution in [0, 0.1) is 4.64 Å². The van der Waals surface area contributed by atoms with Gasteiger partial charge in [0.25, 0.3) is 0 Å². The van der Waals surface area contributed by atoms with E-state index in [1.165, 1.54) is 25.0 Å². The molecule has 84 valence electrons. The summed E-state index contributed by atoms with van der Waals surface area (Å²) in [6.45, 7) is 2.10. The van der Waals surface area contributed by atoms with Gasteiger partial charge in [-0.2, -0.15) is 0 Å². The second-order valence-electron chi connectivity index (χ2n) is 4.47. The molecule has 3 rings (SSSR count). The normalized spacial score (nSPS) is 16.6. The van der Waals surface area contributed by atoms with Crippen LogP contribution in [-0.2, 0) is 6.42 Å². The zero-order chi connectivity index (χ0) is 11.1. The zero-order valence-corrected chi connectivity index (χ0v) is 10.2. The van der Waals surface area contributed by atoms with E-state index in [1.54, 1.807) is 0 Å². The summed E-state index contributed by atoms with van der Waals surface area (Å²) in [5.41, 5.74) is 3.33. The summed E-state index contributed by atoms with van der Waals surface area (Å²) in [6.07, 6.45) is 4.87. The van der Waals surface area contributed by atoms with Crippen molar-refractivity contribution in [1.29, 1.82) is 0 Å². The number of nitrogens with one attached hydrogen (secondary N) is 1. The van der Waals surface area contributed by atoms with Crippen molar-refractivity contribution in [1.82, 2.24) is 14.6 Å². The fourth-order valence-electron chi connectivity index (χ4n) is 2.17. The number of fused-ring (bicyclic) bond motifs is 1. The molecule has 2 aromatic rings. The van der Waals surface area contributed by atoms with Crippen LogP contribution in [0.15, 0.2) is 12.1 Å². The van der Waals surface area contributed by atoms with Gasteiger partial charge in [-0.15, -0.1) is 0 Å². The van der Waals surface area contributed by atoms with E-state index in [0.29, 0.717) is 5.92 Å². The molecule has 16 heavy (non-hydrogen) atoms. The largest absolute Gasteiger partial charge is 0.295 e. The summed E-state index contributed by atoms with van der Waals surface area (Å²) in [5, 5.41) is 3.37. The van der Waals surface area contributed by atoms with E-state index in [2.05, 4.69) is 23.1 Å². The van der Waals surface area contributed by atoms with Gasteiger partial charge in [0.2, 0.25) is 0 Å². The molecule has 0 aromatic carbocycles. The molecule has 0 radical (unpaired) electrons. The van der Waals surface area contributed by atoms with Gasteiger partial charge in [-0.1, -0.05) is 25.6 Å². The molecule has 2 heterocycles. The molecule has 1 aliphatic rings. The number of aromatic nitrogens is 3. The van der Waals surface area contributed by atoms with Crippen LogP contribution in [0.4, 0.5) is 0 Å². The number of nitrogens with zero attached hydrogens (tertiary/aromatic N) is 2. The van der Waals surface area contributed by atoms with Crippen LogP contribution in [0.2, 0.25) is 0 Å². The first kappa shape index (κ1) is 10.0. The topological polar surface area (TPSA) is 33.1 Å². The van der Waals surface area contributed by atoms with Crippen molar-refractivity contribution in [2.75, 3.05) is 0 Å². The second-order valence-corrected chi connectivity index (χ2v) is 4.89. The average molecular weight is 233 g/mol. The third-order valence-electron chi connectivity index (χ3n) is 3.43. The van der Waals surface area contributed by atoms with E-state index >= 15 is 0 Å². The maximum atomic E-state index is 5.35. The van der Waals surface area contributed by atoms with Crippen molar-refractivity contribution in [2.45, 2.75) is 38.5 Å². The number of H-pyrrole nitrogens is 1. The first-order valence-electron chi connectivity index (χ1n) is 5.89. The van der Waals surface area contributed by atoms with Crippen LogP contribution in [0.5, 0.6) is 0 Å². The second kappa shape index (κ2) is 3.70. The first-order chi connectivity index (χ1) is 7.78. The smallest absolute Gasteiger partial charge is 0.154 e. The van der Waals surface area contributed by atoms with Crippen LogP contribution in [0.3, 0.4) is 0 Å². The highest BCUT2D eigenvalue weighted by molar-refractivity contribution is 7.71. The molecule has 0 spiro atoms. The molecule has 1 fully saturated rings. The number of aryl methyl sites for hydroxylation is 1. The molecule has 0 saturated heterocycles. The monoisotopic (exact) mass is 233 g/mol. The maximum Gasteiger partial charge on any atom is 0.154 e. The Balaban J connectivity index is 2.15. The highest BCUT2D eigenvalue weighted by Crippen LogP contribution is 2.35. The Bertz CT molecular complexity index is 577. The predicted molar refractivity (Wildman–Crippen MR) is 66.3 cm³/mol. The maximum absolute atomic E-state index is 5.35. The molecule has 3 nitrogen and oxygen atoms in total. The summed E-state index contributed by atoms with van der Waals surface area (Å²) in [4.78, 5) is 4.58. The Kier molecular flexibility index (Phi) is 2.32. The summed E-state index contributed by atoms with van der Waals surface area (Å²) >= 11 is 5.35. The molecule has 4 heteroatoms. The molecular weight excluding hydrogens is 218 g/mol. The lowest BCUT2D eigenvalue weighted by Crippen LogP contribution is -2.09. The molecule has 1 saturated carbocycles. The summed E-state index contributed by atoms with van der Waals surface area (Å²) in [7, 11) is 0. The quantitative estimate of drug-likeness (QED) is 0.808. The molecule has 0 bridgehead atoms. The molecule has 0 aliphatic heterocycles. The van der Waals surface area contributed by atoms with E-state index in [0.717, 1.165) is 22.4 Å². The van der Waals surface area contributed by atoms with Crippen LogP contribution < -0.4 is 0 Å². The Labute approximate surface area is 99.5 Å². The lowest BCUT2D eigenvalue weighted by molar-refractivity contribution is 0.409. The van der Waals surface area contributed by atoms with Crippen molar-refractivity contribution in [2.24, 2.45) is 0 Å². The fourth-order valence-corrected chi connectivity index (χ4v) is 2.44. The molecule has 0 amide bonds. The number of hydrogen-bond donors (Lipinski definition) is 1. The van der Waals surface area contributed by atoms with Crippen LogP contribution in [0.1, 0.15) is 43.5 Å². The minimum Gasteiger partial charge on any atom is -0.295 e. The van der Waals surface area contributed by atoms with Gasteiger partial charge < -0.3 is 0 Å². The van der Waals surface area contributed by atoms with Crippen LogP contribution in [-0.4, -0.2) is 14.6 Å². The molecular formula is C12H15N3S. The van der Waals surface area contributed by atoms with E-state index in [-0.39, 0.29) is 0 Å². The van der Waals surface area contributed by atoms with Crippen molar-refractivity contribution < 1.29 is 0 Å². The third kappa shape index (κ3) is 1.48. The van der Waals surface area contributed by atoms with Crippen molar-refractivity contribution in [3.8, 4) is 0 Å². The first-order valence-corrected chi connectivity index (χ1v) is 6.30. The Hall–Kier alpha value is -1.16.